The van der Waals surface area contributed by atoms with Gasteiger partial charge in [-0.2, -0.15) is 11.8 Å². The van der Waals surface area contributed by atoms with Crippen LogP contribution in [0.4, 0.5) is 5.69 Å². The normalized spacial score (nSPS) is 16.7. The number of hydrogen-bond acceptors (Lipinski definition) is 3. The standard InChI is InChI=1S/C20H24N2OS.ClH/c23-20(15-18-16-24-14-12-21-18)22(19-9-5-2-6-10-19)13-11-17-7-3-1-4-8-17;/h1-10,18,21H,11-16H2;1H. The molecule has 1 fully saturated rings. The minimum absolute atomic E-state index is 0. The van der Waals surface area contributed by atoms with Gasteiger partial charge in [-0.1, -0.05) is 48.5 Å². The molecule has 1 saturated heterocycles. The van der Waals surface area contributed by atoms with Gasteiger partial charge in [-0.25, -0.2) is 0 Å². The van der Waals surface area contributed by atoms with Crippen LogP contribution in [-0.2, 0) is 11.2 Å². The number of nitrogens with one attached hydrogen (secondary N) is 1. The molecule has 1 heterocycles. The second-order valence-corrected chi connectivity index (χ2v) is 7.20. The summed E-state index contributed by atoms with van der Waals surface area (Å²) in [6, 6.07) is 20.7. The summed E-state index contributed by atoms with van der Waals surface area (Å²) < 4.78 is 0. The zero-order valence-electron chi connectivity index (χ0n) is 14.3. The average molecular weight is 377 g/mol. The van der Waals surface area contributed by atoms with E-state index in [9.17, 15) is 4.79 Å². The van der Waals surface area contributed by atoms with E-state index in [1.165, 1.54) is 5.56 Å². The molecule has 1 unspecified atom stereocenters. The Morgan fingerprint density at radius 1 is 1.08 bits per heavy atom. The Morgan fingerprint density at radius 3 is 2.40 bits per heavy atom. The smallest absolute Gasteiger partial charge is 0.228 e. The van der Waals surface area contributed by atoms with Crippen LogP contribution in [0.1, 0.15) is 12.0 Å². The molecule has 0 bridgehead atoms. The molecule has 25 heavy (non-hydrogen) atoms. The van der Waals surface area contributed by atoms with Crippen molar-refractivity contribution in [1.82, 2.24) is 5.32 Å². The largest absolute Gasteiger partial charge is 0.312 e. The number of anilines is 1. The lowest BCUT2D eigenvalue weighted by molar-refractivity contribution is -0.119. The maximum absolute atomic E-state index is 12.9. The molecule has 3 rings (SSSR count). The Labute approximate surface area is 160 Å². The minimum Gasteiger partial charge on any atom is -0.312 e. The van der Waals surface area contributed by atoms with Gasteiger partial charge in [-0.05, 0) is 24.1 Å². The molecule has 1 N–H and O–H groups in total. The van der Waals surface area contributed by atoms with Crippen molar-refractivity contribution < 1.29 is 4.79 Å². The van der Waals surface area contributed by atoms with Crippen molar-refractivity contribution in [3.63, 3.8) is 0 Å². The molecule has 5 heteroatoms. The number of nitrogens with zero attached hydrogens (tertiary/aromatic N) is 1. The van der Waals surface area contributed by atoms with Crippen molar-refractivity contribution in [2.75, 3.05) is 29.5 Å². The number of amides is 1. The summed E-state index contributed by atoms with van der Waals surface area (Å²) in [6.07, 6.45) is 1.44. The molecule has 1 amide bonds. The highest BCUT2D eigenvalue weighted by molar-refractivity contribution is 7.99. The number of benzene rings is 2. The zero-order chi connectivity index (χ0) is 16.6. The fraction of sp³-hybridized carbons (Fsp3) is 0.350. The summed E-state index contributed by atoms with van der Waals surface area (Å²) >= 11 is 1.93. The van der Waals surface area contributed by atoms with Gasteiger partial charge >= 0.3 is 0 Å². The van der Waals surface area contributed by atoms with Crippen molar-refractivity contribution in [1.29, 1.82) is 0 Å². The molecule has 134 valence electrons. The molecule has 0 aliphatic carbocycles. The lowest BCUT2D eigenvalue weighted by Gasteiger charge is -2.27. The number of carbonyl (C=O) groups is 1. The maximum atomic E-state index is 12.9. The summed E-state index contributed by atoms with van der Waals surface area (Å²) in [4.78, 5) is 14.8. The highest BCUT2D eigenvalue weighted by Gasteiger charge is 2.21. The van der Waals surface area contributed by atoms with E-state index in [4.69, 9.17) is 0 Å². The van der Waals surface area contributed by atoms with Gasteiger partial charge in [0.2, 0.25) is 5.91 Å². The van der Waals surface area contributed by atoms with E-state index >= 15 is 0 Å². The first kappa shape index (κ1) is 19.8. The lowest BCUT2D eigenvalue weighted by atomic mass is 10.1. The maximum Gasteiger partial charge on any atom is 0.228 e. The molecular weight excluding hydrogens is 352 g/mol. The molecule has 3 nitrogen and oxygen atoms in total. The Bertz CT molecular complexity index is 633. The predicted octanol–water partition coefficient (Wildman–Crippen LogP) is 3.78. The topological polar surface area (TPSA) is 32.3 Å². The van der Waals surface area contributed by atoms with E-state index in [-0.39, 0.29) is 18.3 Å². The highest BCUT2D eigenvalue weighted by atomic mass is 35.5. The van der Waals surface area contributed by atoms with E-state index in [0.29, 0.717) is 19.0 Å². The number of para-hydroxylation sites is 1. The van der Waals surface area contributed by atoms with Gasteiger partial charge < -0.3 is 10.2 Å². The molecule has 1 aliphatic heterocycles. The number of thioether (sulfide) groups is 1. The first-order chi connectivity index (χ1) is 11.8. The van der Waals surface area contributed by atoms with Gasteiger partial charge in [0, 0.05) is 42.7 Å². The molecule has 0 spiro atoms. The van der Waals surface area contributed by atoms with Crippen LogP contribution in [0.2, 0.25) is 0 Å². The van der Waals surface area contributed by atoms with Crippen LogP contribution in [-0.4, -0.2) is 36.5 Å². The highest BCUT2D eigenvalue weighted by Crippen LogP contribution is 2.18. The van der Waals surface area contributed by atoms with E-state index in [0.717, 1.165) is 30.2 Å². The lowest BCUT2D eigenvalue weighted by Crippen LogP contribution is -2.43. The SMILES string of the molecule is Cl.O=C(CC1CSCCN1)N(CCc1ccccc1)c1ccccc1. The van der Waals surface area contributed by atoms with Crippen molar-refractivity contribution in [3.05, 3.63) is 66.2 Å². The minimum atomic E-state index is 0. The van der Waals surface area contributed by atoms with Crippen molar-refractivity contribution in [2.24, 2.45) is 0 Å². The molecule has 0 radical (unpaired) electrons. The first-order valence-corrected chi connectivity index (χ1v) is 9.69. The number of rotatable bonds is 6. The monoisotopic (exact) mass is 376 g/mol. The van der Waals surface area contributed by atoms with Gasteiger partial charge in [0.25, 0.3) is 0 Å². The molecule has 1 atom stereocenters. The van der Waals surface area contributed by atoms with E-state index in [1.54, 1.807) is 0 Å². The summed E-state index contributed by atoms with van der Waals surface area (Å²) in [5, 5.41) is 3.46. The molecule has 2 aromatic rings. The van der Waals surface area contributed by atoms with Crippen LogP contribution < -0.4 is 10.2 Å². The number of hydrogen-bond donors (Lipinski definition) is 1. The van der Waals surface area contributed by atoms with Crippen LogP contribution in [0.3, 0.4) is 0 Å². The van der Waals surface area contributed by atoms with Crippen LogP contribution in [0.25, 0.3) is 0 Å². The van der Waals surface area contributed by atoms with Crippen molar-refractivity contribution in [2.45, 2.75) is 18.9 Å². The second kappa shape index (κ2) is 10.5. The third-order valence-corrected chi connectivity index (χ3v) is 5.39. The third kappa shape index (κ3) is 6.07. The number of halogens is 1. The average Bonchev–Trinajstić information content (AvgIpc) is 2.64. The van der Waals surface area contributed by atoms with Crippen molar-refractivity contribution >= 4 is 35.8 Å². The predicted molar refractivity (Wildman–Crippen MR) is 110 cm³/mol. The first-order valence-electron chi connectivity index (χ1n) is 8.53. The van der Waals surface area contributed by atoms with Gasteiger partial charge in [0.05, 0.1) is 0 Å². The van der Waals surface area contributed by atoms with Gasteiger partial charge in [0.1, 0.15) is 0 Å². The van der Waals surface area contributed by atoms with Gasteiger partial charge in [0.15, 0.2) is 0 Å². The fourth-order valence-electron chi connectivity index (χ4n) is 2.96. The second-order valence-electron chi connectivity index (χ2n) is 6.05. The quantitative estimate of drug-likeness (QED) is 0.832. The van der Waals surface area contributed by atoms with E-state index < -0.39 is 0 Å². The van der Waals surface area contributed by atoms with E-state index in [2.05, 4.69) is 17.4 Å². The van der Waals surface area contributed by atoms with Crippen LogP contribution in [0, 0.1) is 0 Å². The molecule has 1 aliphatic rings. The summed E-state index contributed by atoms with van der Waals surface area (Å²) in [5.74, 6) is 2.37. The fourth-order valence-corrected chi connectivity index (χ4v) is 3.91. The van der Waals surface area contributed by atoms with E-state index in [1.807, 2.05) is 65.2 Å². The summed E-state index contributed by atoms with van der Waals surface area (Å²) in [6.45, 7) is 1.71. The van der Waals surface area contributed by atoms with Gasteiger partial charge in [-0.15, -0.1) is 12.4 Å². The number of carbonyl (C=O) groups excluding carboxylic acids is 1. The summed E-state index contributed by atoms with van der Waals surface area (Å²) in [7, 11) is 0. The van der Waals surface area contributed by atoms with Crippen LogP contribution in [0.5, 0.6) is 0 Å². The molecule has 0 saturated carbocycles. The summed E-state index contributed by atoms with van der Waals surface area (Å²) in [5.41, 5.74) is 2.25. The van der Waals surface area contributed by atoms with Gasteiger partial charge in [-0.3, -0.25) is 4.79 Å². The Morgan fingerprint density at radius 2 is 1.76 bits per heavy atom. The Balaban J connectivity index is 0.00000225. The van der Waals surface area contributed by atoms with Crippen molar-refractivity contribution in [3.8, 4) is 0 Å². The van der Waals surface area contributed by atoms with Crippen LogP contribution in [0.15, 0.2) is 60.7 Å². The third-order valence-electron chi connectivity index (χ3n) is 4.26. The zero-order valence-corrected chi connectivity index (χ0v) is 15.9. The molecule has 2 aromatic carbocycles. The Kier molecular flexibility index (Phi) is 8.32. The van der Waals surface area contributed by atoms with Crippen LogP contribution >= 0.6 is 24.2 Å². The molecular formula is C20H25ClN2OS. The molecule has 0 aromatic heterocycles. The Hall–Kier alpha value is -1.49.